The molecule has 0 radical (unpaired) electrons. The van der Waals surface area contributed by atoms with E-state index in [0.29, 0.717) is 5.56 Å². The number of halogens is 2. The van der Waals surface area contributed by atoms with E-state index in [9.17, 15) is 17.6 Å². The second-order valence-electron chi connectivity index (χ2n) is 4.70. The van der Waals surface area contributed by atoms with Gasteiger partial charge in [-0.2, -0.15) is 0 Å². The van der Waals surface area contributed by atoms with Crippen LogP contribution in [0.1, 0.15) is 15.9 Å². The van der Waals surface area contributed by atoms with Gasteiger partial charge < -0.3 is 4.74 Å². The molecule has 0 bridgehead atoms. The summed E-state index contributed by atoms with van der Waals surface area (Å²) >= 11 is 5.61. The number of carbonyl (C=O) groups is 1. The van der Waals surface area contributed by atoms with Crippen LogP contribution in [0.3, 0.4) is 0 Å². The van der Waals surface area contributed by atoms with Gasteiger partial charge in [-0.05, 0) is 42.8 Å². The predicted molar refractivity (Wildman–Crippen MR) is 84.7 cm³/mol. The van der Waals surface area contributed by atoms with E-state index in [2.05, 4.69) is 9.46 Å². The Labute approximate surface area is 138 Å². The lowest BCUT2D eigenvalue weighted by atomic mass is 10.1. The van der Waals surface area contributed by atoms with Gasteiger partial charge in [0.1, 0.15) is 5.82 Å². The third-order valence-electron chi connectivity index (χ3n) is 3.10. The predicted octanol–water partition coefficient (Wildman–Crippen LogP) is 3.37. The molecule has 0 fully saturated rings. The zero-order valence-electron chi connectivity index (χ0n) is 12.3. The second kappa shape index (κ2) is 6.55. The zero-order chi connectivity index (χ0) is 17.2. The number of sulfonamides is 1. The molecular formula is C15H13ClFNO4S. The summed E-state index contributed by atoms with van der Waals surface area (Å²) in [4.78, 5) is 11.3. The summed E-state index contributed by atoms with van der Waals surface area (Å²) in [6.07, 6.45) is 0. The van der Waals surface area contributed by atoms with Gasteiger partial charge in [0.2, 0.25) is 0 Å². The van der Waals surface area contributed by atoms with Crippen molar-refractivity contribution in [1.82, 2.24) is 0 Å². The van der Waals surface area contributed by atoms with E-state index in [1.54, 1.807) is 13.0 Å². The highest BCUT2D eigenvalue weighted by Crippen LogP contribution is 2.24. The number of ether oxygens (including phenoxy) is 1. The molecule has 0 amide bonds. The molecule has 1 N–H and O–H groups in total. The van der Waals surface area contributed by atoms with Crippen molar-refractivity contribution in [2.24, 2.45) is 0 Å². The SMILES string of the molecule is COC(=O)c1ccc(C)c(NS(=O)(=O)c2ccc(F)c(Cl)c2)c1. The fourth-order valence-corrected chi connectivity index (χ4v) is 3.22. The van der Waals surface area contributed by atoms with Crippen LogP contribution in [-0.2, 0) is 14.8 Å². The molecule has 0 atom stereocenters. The van der Waals surface area contributed by atoms with Crippen LogP contribution in [0.4, 0.5) is 10.1 Å². The zero-order valence-corrected chi connectivity index (χ0v) is 13.8. The number of esters is 1. The van der Waals surface area contributed by atoms with Crippen molar-refractivity contribution in [1.29, 1.82) is 0 Å². The Kier molecular flexibility index (Phi) is 4.91. The van der Waals surface area contributed by atoms with Crippen molar-refractivity contribution in [3.8, 4) is 0 Å². The van der Waals surface area contributed by atoms with Crippen LogP contribution in [0.25, 0.3) is 0 Å². The molecule has 0 aromatic heterocycles. The molecule has 2 rings (SSSR count). The van der Waals surface area contributed by atoms with E-state index in [1.165, 1.54) is 19.2 Å². The lowest BCUT2D eigenvalue weighted by molar-refractivity contribution is 0.0601. The number of anilines is 1. The first kappa shape index (κ1) is 17.2. The molecule has 23 heavy (non-hydrogen) atoms. The van der Waals surface area contributed by atoms with Crippen LogP contribution in [-0.4, -0.2) is 21.5 Å². The molecule has 0 saturated carbocycles. The third kappa shape index (κ3) is 3.80. The van der Waals surface area contributed by atoms with Crippen LogP contribution < -0.4 is 4.72 Å². The molecule has 5 nitrogen and oxygen atoms in total. The number of rotatable bonds is 4. The average molecular weight is 358 g/mol. The van der Waals surface area contributed by atoms with Crippen LogP contribution >= 0.6 is 11.6 Å². The number of carbonyl (C=O) groups excluding carboxylic acids is 1. The molecule has 0 aliphatic carbocycles. The monoisotopic (exact) mass is 357 g/mol. The quantitative estimate of drug-likeness (QED) is 0.851. The standard InChI is InChI=1S/C15H13ClFNO4S/c1-9-3-4-10(15(19)22-2)7-14(9)18-23(20,21)11-5-6-13(17)12(16)8-11/h3-8,18H,1-2H3. The molecule has 0 saturated heterocycles. The molecule has 0 heterocycles. The third-order valence-corrected chi connectivity index (χ3v) is 4.76. The van der Waals surface area contributed by atoms with Crippen molar-refractivity contribution >= 4 is 33.3 Å². The Hall–Kier alpha value is -2.12. The summed E-state index contributed by atoms with van der Waals surface area (Å²) in [5.74, 6) is -1.30. The Morgan fingerprint density at radius 3 is 2.52 bits per heavy atom. The largest absolute Gasteiger partial charge is 0.465 e. The average Bonchev–Trinajstić information content (AvgIpc) is 2.51. The number of nitrogens with one attached hydrogen (secondary N) is 1. The summed E-state index contributed by atoms with van der Waals surface area (Å²) in [5.41, 5.74) is 1.02. The lowest BCUT2D eigenvalue weighted by Crippen LogP contribution is -2.14. The minimum Gasteiger partial charge on any atom is -0.465 e. The minimum absolute atomic E-state index is 0.188. The van der Waals surface area contributed by atoms with Crippen molar-refractivity contribution in [3.63, 3.8) is 0 Å². The van der Waals surface area contributed by atoms with Gasteiger partial charge >= 0.3 is 5.97 Å². The first-order valence-corrected chi connectivity index (χ1v) is 8.27. The fourth-order valence-electron chi connectivity index (χ4n) is 1.82. The first-order valence-electron chi connectivity index (χ1n) is 6.41. The van der Waals surface area contributed by atoms with Gasteiger partial charge in [-0.3, -0.25) is 4.72 Å². The van der Waals surface area contributed by atoms with Crippen molar-refractivity contribution < 1.29 is 22.3 Å². The van der Waals surface area contributed by atoms with E-state index in [0.717, 1.165) is 18.2 Å². The molecule has 0 aliphatic heterocycles. The van der Waals surface area contributed by atoms with Crippen molar-refractivity contribution in [3.05, 3.63) is 58.4 Å². The Balaban J connectivity index is 2.40. The Morgan fingerprint density at radius 1 is 1.22 bits per heavy atom. The minimum atomic E-state index is -3.98. The topological polar surface area (TPSA) is 72.5 Å². The second-order valence-corrected chi connectivity index (χ2v) is 6.79. The normalized spacial score (nSPS) is 11.1. The van der Waals surface area contributed by atoms with Crippen LogP contribution in [0, 0.1) is 12.7 Å². The van der Waals surface area contributed by atoms with Gasteiger partial charge in [0, 0.05) is 0 Å². The number of benzene rings is 2. The van der Waals surface area contributed by atoms with E-state index in [-0.39, 0.29) is 21.2 Å². The molecule has 0 unspecified atom stereocenters. The molecule has 2 aromatic rings. The van der Waals surface area contributed by atoms with Crippen molar-refractivity contribution in [2.45, 2.75) is 11.8 Å². The number of hydrogen-bond donors (Lipinski definition) is 1. The Morgan fingerprint density at radius 2 is 1.91 bits per heavy atom. The highest BCUT2D eigenvalue weighted by Gasteiger charge is 2.18. The smallest absolute Gasteiger partial charge is 0.337 e. The van der Waals surface area contributed by atoms with Gasteiger partial charge in [-0.1, -0.05) is 17.7 Å². The van der Waals surface area contributed by atoms with Gasteiger partial charge in [-0.15, -0.1) is 0 Å². The number of aryl methyl sites for hydroxylation is 1. The summed E-state index contributed by atoms with van der Waals surface area (Å²) in [7, 11) is -2.75. The van der Waals surface area contributed by atoms with Crippen LogP contribution in [0.5, 0.6) is 0 Å². The van der Waals surface area contributed by atoms with Gasteiger partial charge in [0.05, 0.1) is 28.3 Å². The molecule has 122 valence electrons. The first-order chi connectivity index (χ1) is 10.7. The maximum atomic E-state index is 13.2. The number of hydrogen-bond acceptors (Lipinski definition) is 4. The van der Waals surface area contributed by atoms with Gasteiger partial charge in [0.25, 0.3) is 10.0 Å². The molecular weight excluding hydrogens is 345 g/mol. The molecule has 0 spiro atoms. The molecule has 8 heteroatoms. The van der Waals surface area contributed by atoms with Gasteiger partial charge in [0.15, 0.2) is 0 Å². The van der Waals surface area contributed by atoms with Crippen molar-refractivity contribution in [2.75, 3.05) is 11.8 Å². The van der Waals surface area contributed by atoms with E-state index < -0.39 is 21.8 Å². The van der Waals surface area contributed by atoms with Gasteiger partial charge in [-0.25, -0.2) is 17.6 Å². The maximum Gasteiger partial charge on any atom is 0.337 e. The summed E-state index contributed by atoms with van der Waals surface area (Å²) < 4.78 is 44.8. The summed E-state index contributed by atoms with van der Waals surface area (Å²) in [6.45, 7) is 1.68. The highest BCUT2D eigenvalue weighted by atomic mass is 35.5. The van der Waals surface area contributed by atoms with E-state index in [4.69, 9.17) is 11.6 Å². The maximum absolute atomic E-state index is 13.2. The van der Waals surface area contributed by atoms with E-state index in [1.807, 2.05) is 0 Å². The summed E-state index contributed by atoms with van der Waals surface area (Å²) in [5, 5.41) is -0.298. The highest BCUT2D eigenvalue weighted by molar-refractivity contribution is 7.92. The fraction of sp³-hybridized carbons (Fsp3) is 0.133. The molecule has 0 aliphatic rings. The number of methoxy groups -OCH3 is 1. The summed E-state index contributed by atoms with van der Waals surface area (Å²) in [6, 6.07) is 7.55. The molecule has 2 aromatic carbocycles. The lowest BCUT2D eigenvalue weighted by Gasteiger charge is -2.12. The van der Waals surface area contributed by atoms with E-state index >= 15 is 0 Å². The Bertz CT molecular complexity index is 868. The van der Waals surface area contributed by atoms with Crippen LogP contribution in [0.2, 0.25) is 5.02 Å². The van der Waals surface area contributed by atoms with Crippen LogP contribution in [0.15, 0.2) is 41.3 Å².